The number of nitrogens with one attached hydrogen (secondary N) is 1. The summed E-state index contributed by atoms with van der Waals surface area (Å²) in [5.74, 6) is 1.11. The molecular formula is C20H23NO4. The number of para-hydroxylation sites is 2. The molecule has 5 heteroatoms. The van der Waals surface area contributed by atoms with Crippen LogP contribution >= 0.6 is 0 Å². The minimum Gasteiger partial charge on any atom is -0.495 e. The van der Waals surface area contributed by atoms with Gasteiger partial charge >= 0.3 is 0 Å². The summed E-state index contributed by atoms with van der Waals surface area (Å²) in [4.78, 5) is 23.3. The van der Waals surface area contributed by atoms with Crippen molar-refractivity contribution >= 4 is 17.4 Å². The monoisotopic (exact) mass is 341 g/mol. The molecule has 0 aliphatic carbocycles. The van der Waals surface area contributed by atoms with E-state index in [2.05, 4.69) is 5.32 Å². The Bertz CT molecular complexity index is 725. The van der Waals surface area contributed by atoms with Gasteiger partial charge in [0, 0.05) is 6.42 Å². The lowest BCUT2D eigenvalue weighted by Crippen LogP contribution is -2.30. The van der Waals surface area contributed by atoms with Crippen molar-refractivity contribution in [1.29, 1.82) is 0 Å². The summed E-state index contributed by atoms with van der Waals surface area (Å²) in [7, 11) is 1.55. The molecule has 1 N–H and O–H groups in total. The number of anilines is 1. The first-order valence-electron chi connectivity index (χ1n) is 8.18. The van der Waals surface area contributed by atoms with Gasteiger partial charge in [-0.25, -0.2) is 0 Å². The van der Waals surface area contributed by atoms with Gasteiger partial charge in [0.15, 0.2) is 6.10 Å². The molecule has 132 valence electrons. The number of hydrogen-bond donors (Lipinski definition) is 1. The summed E-state index contributed by atoms with van der Waals surface area (Å²) in [6.07, 6.45) is 0.574. The van der Waals surface area contributed by atoms with Crippen molar-refractivity contribution in [3.05, 3.63) is 54.1 Å². The van der Waals surface area contributed by atoms with Crippen molar-refractivity contribution in [2.24, 2.45) is 0 Å². The van der Waals surface area contributed by atoms with Crippen LogP contribution in [0.2, 0.25) is 0 Å². The van der Waals surface area contributed by atoms with Gasteiger partial charge < -0.3 is 19.6 Å². The number of aryl methyl sites for hydroxylation is 1. The molecule has 5 nitrogen and oxygen atoms in total. The van der Waals surface area contributed by atoms with Crippen molar-refractivity contribution in [3.63, 3.8) is 0 Å². The highest BCUT2D eigenvalue weighted by molar-refractivity contribution is 5.95. The van der Waals surface area contributed by atoms with Gasteiger partial charge in [-0.05, 0) is 50.1 Å². The van der Waals surface area contributed by atoms with Crippen LogP contribution in [0.15, 0.2) is 48.5 Å². The third-order valence-corrected chi connectivity index (χ3v) is 3.74. The van der Waals surface area contributed by atoms with Gasteiger partial charge in [0.2, 0.25) is 0 Å². The molecule has 0 radical (unpaired) electrons. The summed E-state index contributed by atoms with van der Waals surface area (Å²) in [6.45, 7) is 3.27. The number of ether oxygens (including phenoxy) is 2. The SMILES string of the molecule is COc1ccccc1NC(=O)C(C)Oc1ccc(CCC(C)=O)cc1. The number of hydrogen-bond acceptors (Lipinski definition) is 4. The van der Waals surface area contributed by atoms with Crippen LogP contribution in [0.25, 0.3) is 0 Å². The average molecular weight is 341 g/mol. The highest BCUT2D eigenvalue weighted by Crippen LogP contribution is 2.23. The fourth-order valence-electron chi connectivity index (χ4n) is 2.29. The Morgan fingerprint density at radius 2 is 1.76 bits per heavy atom. The largest absolute Gasteiger partial charge is 0.495 e. The number of methoxy groups -OCH3 is 1. The second-order valence-corrected chi connectivity index (χ2v) is 5.80. The first-order chi connectivity index (χ1) is 12.0. The predicted molar refractivity (Wildman–Crippen MR) is 97.2 cm³/mol. The molecule has 0 aliphatic rings. The minimum absolute atomic E-state index is 0.168. The smallest absolute Gasteiger partial charge is 0.265 e. The molecule has 25 heavy (non-hydrogen) atoms. The highest BCUT2D eigenvalue weighted by Gasteiger charge is 2.16. The van der Waals surface area contributed by atoms with E-state index in [4.69, 9.17) is 9.47 Å². The number of ketones is 1. The zero-order valence-electron chi connectivity index (χ0n) is 14.7. The summed E-state index contributed by atoms with van der Waals surface area (Å²) in [5.41, 5.74) is 1.67. The maximum atomic E-state index is 12.3. The van der Waals surface area contributed by atoms with Gasteiger partial charge in [-0.15, -0.1) is 0 Å². The van der Waals surface area contributed by atoms with E-state index < -0.39 is 6.10 Å². The van der Waals surface area contributed by atoms with E-state index in [0.717, 1.165) is 5.56 Å². The van der Waals surface area contributed by atoms with Crippen LogP contribution in [-0.2, 0) is 16.0 Å². The molecule has 2 aromatic carbocycles. The number of benzene rings is 2. The quantitative estimate of drug-likeness (QED) is 0.796. The molecule has 0 fully saturated rings. The molecular weight excluding hydrogens is 318 g/mol. The fraction of sp³-hybridized carbons (Fsp3) is 0.300. The van der Waals surface area contributed by atoms with Gasteiger partial charge in [-0.3, -0.25) is 4.79 Å². The standard InChI is InChI=1S/C20H23NO4/c1-14(22)8-9-16-10-12-17(13-11-16)25-15(2)20(23)21-18-6-4-5-7-19(18)24-3/h4-7,10-13,15H,8-9H2,1-3H3,(H,21,23). The van der Waals surface area contributed by atoms with E-state index in [0.29, 0.717) is 30.0 Å². The van der Waals surface area contributed by atoms with Gasteiger partial charge in [0.1, 0.15) is 17.3 Å². The van der Waals surface area contributed by atoms with Crippen molar-refractivity contribution < 1.29 is 19.1 Å². The normalized spacial score (nSPS) is 11.5. The molecule has 1 atom stereocenters. The highest BCUT2D eigenvalue weighted by atomic mass is 16.5. The van der Waals surface area contributed by atoms with Crippen LogP contribution in [-0.4, -0.2) is 24.9 Å². The molecule has 0 bridgehead atoms. The molecule has 1 amide bonds. The maximum absolute atomic E-state index is 12.3. The topological polar surface area (TPSA) is 64.6 Å². The minimum atomic E-state index is -0.659. The van der Waals surface area contributed by atoms with E-state index in [9.17, 15) is 9.59 Å². The third-order valence-electron chi connectivity index (χ3n) is 3.74. The Labute approximate surface area is 148 Å². The molecule has 0 saturated heterocycles. The zero-order valence-corrected chi connectivity index (χ0v) is 14.7. The molecule has 0 heterocycles. The predicted octanol–water partition coefficient (Wildman–Crippen LogP) is 3.62. The van der Waals surface area contributed by atoms with Crippen molar-refractivity contribution in [1.82, 2.24) is 0 Å². The molecule has 0 spiro atoms. The van der Waals surface area contributed by atoms with Crippen LogP contribution < -0.4 is 14.8 Å². The summed E-state index contributed by atoms with van der Waals surface area (Å²) in [6, 6.07) is 14.6. The van der Waals surface area contributed by atoms with Gasteiger partial charge in [-0.2, -0.15) is 0 Å². The van der Waals surface area contributed by atoms with Crippen LogP contribution in [0.5, 0.6) is 11.5 Å². The van der Waals surface area contributed by atoms with Crippen molar-refractivity contribution in [3.8, 4) is 11.5 Å². The van der Waals surface area contributed by atoms with Gasteiger partial charge in [0.25, 0.3) is 5.91 Å². The fourth-order valence-corrected chi connectivity index (χ4v) is 2.29. The Kier molecular flexibility index (Phi) is 6.57. The molecule has 0 saturated carbocycles. The van der Waals surface area contributed by atoms with Crippen LogP contribution in [0.1, 0.15) is 25.8 Å². The van der Waals surface area contributed by atoms with E-state index in [1.165, 1.54) is 0 Å². The lowest BCUT2D eigenvalue weighted by Gasteiger charge is -2.16. The van der Waals surface area contributed by atoms with E-state index >= 15 is 0 Å². The Morgan fingerprint density at radius 1 is 1.08 bits per heavy atom. The molecule has 2 aromatic rings. The third kappa shape index (κ3) is 5.64. The summed E-state index contributed by atoms with van der Waals surface area (Å²) < 4.78 is 10.9. The number of amides is 1. The Morgan fingerprint density at radius 3 is 2.40 bits per heavy atom. The van der Waals surface area contributed by atoms with Gasteiger partial charge in [0.05, 0.1) is 12.8 Å². The lowest BCUT2D eigenvalue weighted by atomic mass is 10.1. The van der Waals surface area contributed by atoms with Crippen molar-refractivity contribution in [2.45, 2.75) is 32.8 Å². The number of Topliss-reactive ketones (excluding diaryl/α,β-unsaturated/α-hetero) is 1. The Hall–Kier alpha value is -2.82. The van der Waals surface area contributed by atoms with Crippen molar-refractivity contribution in [2.75, 3.05) is 12.4 Å². The second kappa shape index (κ2) is 8.87. The number of carbonyl (C=O) groups is 2. The first kappa shape index (κ1) is 18.5. The van der Waals surface area contributed by atoms with E-state index in [-0.39, 0.29) is 11.7 Å². The van der Waals surface area contributed by atoms with Gasteiger partial charge in [-0.1, -0.05) is 24.3 Å². The van der Waals surface area contributed by atoms with Crippen LogP contribution in [0, 0.1) is 0 Å². The Balaban J connectivity index is 1.93. The van der Waals surface area contributed by atoms with E-state index in [1.807, 2.05) is 36.4 Å². The summed E-state index contributed by atoms with van der Waals surface area (Å²) in [5, 5.41) is 2.80. The molecule has 0 aromatic heterocycles. The lowest BCUT2D eigenvalue weighted by molar-refractivity contribution is -0.122. The average Bonchev–Trinajstić information content (AvgIpc) is 2.61. The van der Waals surface area contributed by atoms with Crippen LogP contribution in [0.3, 0.4) is 0 Å². The maximum Gasteiger partial charge on any atom is 0.265 e. The summed E-state index contributed by atoms with van der Waals surface area (Å²) >= 11 is 0. The van der Waals surface area contributed by atoms with Crippen LogP contribution in [0.4, 0.5) is 5.69 Å². The number of carbonyl (C=O) groups excluding carboxylic acids is 2. The molecule has 1 unspecified atom stereocenters. The molecule has 0 aliphatic heterocycles. The zero-order chi connectivity index (χ0) is 18.2. The molecule has 2 rings (SSSR count). The second-order valence-electron chi connectivity index (χ2n) is 5.80. The first-order valence-corrected chi connectivity index (χ1v) is 8.18. The number of rotatable bonds is 8. The van der Waals surface area contributed by atoms with E-state index in [1.54, 1.807) is 33.1 Å².